The zero-order valence-corrected chi connectivity index (χ0v) is 19.7. The number of carbonyl (C=O) groups is 1. The van der Waals surface area contributed by atoms with Gasteiger partial charge >= 0.3 is 0 Å². The van der Waals surface area contributed by atoms with Gasteiger partial charge in [0.2, 0.25) is 0 Å². The number of nitrogens with one attached hydrogen (secondary N) is 1. The Labute approximate surface area is 196 Å². The monoisotopic (exact) mass is 546 g/mol. The number of hydrogen-bond donors (Lipinski definition) is 3. The van der Waals surface area contributed by atoms with Crippen LogP contribution in [0.15, 0.2) is 80.8 Å². The second-order valence-corrected chi connectivity index (χ2v) is 8.10. The Bertz CT molecular complexity index is 1050. The number of nitrogens with zero attached hydrogens (tertiary/aromatic N) is 1. The van der Waals surface area contributed by atoms with Gasteiger partial charge in [-0.3, -0.25) is 4.79 Å². The Morgan fingerprint density at radius 1 is 1.06 bits per heavy atom. The average molecular weight is 548 g/mol. The summed E-state index contributed by atoms with van der Waals surface area (Å²) < 4.78 is 6.36. The summed E-state index contributed by atoms with van der Waals surface area (Å²) in [4.78, 5) is 13.1. The molecule has 0 radical (unpaired) electrons. The molecule has 0 aromatic heterocycles. The average Bonchev–Trinajstić information content (AvgIpc) is 2.81. The molecule has 0 heterocycles. The van der Waals surface area contributed by atoms with Crippen molar-refractivity contribution in [3.05, 3.63) is 92.4 Å². The number of carbonyl (C=O) groups excluding carboxylic acids is 1. The molecule has 0 unspecified atom stereocenters. The predicted octanol–water partition coefficient (Wildman–Crippen LogP) is 4.70. The SMILES string of the molecule is CCOc1cc(/C=N/NC(=O)C(O)(c2ccccc2)c2ccccc2)c(Br)c(Br)c1O. The third-order valence-electron chi connectivity index (χ3n) is 4.56. The summed E-state index contributed by atoms with van der Waals surface area (Å²) in [5, 5.41) is 25.6. The quantitative estimate of drug-likeness (QED) is 0.295. The first-order chi connectivity index (χ1) is 14.9. The van der Waals surface area contributed by atoms with E-state index in [-0.39, 0.29) is 11.5 Å². The molecule has 0 atom stereocenters. The lowest BCUT2D eigenvalue weighted by Gasteiger charge is -2.27. The first kappa shape index (κ1) is 23.0. The van der Waals surface area contributed by atoms with E-state index in [9.17, 15) is 15.0 Å². The summed E-state index contributed by atoms with van der Waals surface area (Å²) in [7, 11) is 0. The van der Waals surface area contributed by atoms with Crippen LogP contribution in [0.25, 0.3) is 0 Å². The molecule has 0 saturated heterocycles. The van der Waals surface area contributed by atoms with Gasteiger partial charge in [0, 0.05) is 10.0 Å². The minimum absolute atomic E-state index is 0.0440. The molecule has 3 N–H and O–H groups in total. The van der Waals surface area contributed by atoms with Gasteiger partial charge in [-0.05, 0) is 56.0 Å². The largest absolute Gasteiger partial charge is 0.503 e. The molecule has 160 valence electrons. The Kier molecular flexibility index (Phi) is 7.48. The van der Waals surface area contributed by atoms with Gasteiger partial charge in [0.05, 0.1) is 17.3 Å². The molecule has 1 amide bonds. The van der Waals surface area contributed by atoms with Crippen LogP contribution in [0.3, 0.4) is 0 Å². The van der Waals surface area contributed by atoms with Gasteiger partial charge in [-0.15, -0.1) is 0 Å². The van der Waals surface area contributed by atoms with Gasteiger partial charge < -0.3 is 14.9 Å². The number of halogens is 2. The number of rotatable bonds is 7. The molecule has 0 bridgehead atoms. The molecule has 8 heteroatoms. The van der Waals surface area contributed by atoms with Crippen LogP contribution < -0.4 is 10.2 Å². The smallest absolute Gasteiger partial charge is 0.281 e. The van der Waals surface area contributed by atoms with Gasteiger partial charge in [0.25, 0.3) is 5.91 Å². The number of hydrogen-bond acceptors (Lipinski definition) is 5. The summed E-state index contributed by atoms with van der Waals surface area (Å²) >= 11 is 6.68. The van der Waals surface area contributed by atoms with Crippen LogP contribution >= 0.6 is 31.9 Å². The van der Waals surface area contributed by atoms with Gasteiger partial charge in [-0.1, -0.05) is 60.7 Å². The fourth-order valence-electron chi connectivity index (χ4n) is 3.00. The molecule has 0 fully saturated rings. The van der Waals surface area contributed by atoms with Crippen molar-refractivity contribution in [2.24, 2.45) is 5.10 Å². The zero-order chi connectivity index (χ0) is 22.4. The van der Waals surface area contributed by atoms with Gasteiger partial charge in [0.15, 0.2) is 17.1 Å². The minimum atomic E-state index is -1.93. The maximum Gasteiger partial charge on any atom is 0.281 e. The first-order valence-electron chi connectivity index (χ1n) is 9.40. The second-order valence-electron chi connectivity index (χ2n) is 6.52. The molecule has 31 heavy (non-hydrogen) atoms. The van der Waals surface area contributed by atoms with Crippen LogP contribution in [0.2, 0.25) is 0 Å². The highest BCUT2D eigenvalue weighted by molar-refractivity contribution is 9.13. The number of hydrazone groups is 1. The van der Waals surface area contributed by atoms with Crippen molar-refractivity contribution in [1.29, 1.82) is 0 Å². The summed E-state index contributed by atoms with van der Waals surface area (Å²) in [6, 6.07) is 18.9. The Hall–Kier alpha value is -2.68. The molecule has 3 rings (SSSR count). The minimum Gasteiger partial charge on any atom is -0.503 e. The standard InChI is InChI=1S/C23H20Br2N2O4/c1-2-31-18-13-15(19(24)20(25)21(18)28)14-26-27-22(29)23(30,16-9-5-3-6-10-16)17-11-7-4-8-12-17/h3-14,28,30H,2H2,1H3,(H,27,29)/b26-14+. The van der Waals surface area contributed by atoms with Crippen LogP contribution in [0.4, 0.5) is 0 Å². The number of phenolic OH excluding ortho intramolecular Hbond substituents is 1. The number of amides is 1. The molecular weight excluding hydrogens is 528 g/mol. The first-order valence-corrected chi connectivity index (χ1v) is 11.0. The fraction of sp³-hybridized carbons (Fsp3) is 0.130. The van der Waals surface area contributed by atoms with Crippen LogP contribution in [-0.4, -0.2) is 28.9 Å². The van der Waals surface area contributed by atoms with Gasteiger partial charge in [-0.2, -0.15) is 5.10 Å². The van der Waals surface area contributed by atoms with E-state index in [1.54, 1.807) is 73.7 Å². The van der Waals surface area contributed by atoms with Crippen molar-refractivity contribution >= 4 is 44.0 Å². The highest BCUT2D eigenvalue weighted by Crippen LogP contribution is 2.41. The Morgan fingerprint density at radius 3 is 2.13 bits per heavy atom. The van der Waals surface area contributed by atoms with E-state index in [2.05, 4.69) is 42.4 Å². The number of aromatic hydroxyl groups is 1. The molecule has 0 spiro atoms. The third kappa shape index (κ3) is 4.81. The van der Waals surface area contributed by atoms with Crippen molar-refractivity contribution in [1.82, 2.24) is 5.43 Å². The van der Waals surface area contributed by atoms with Crippen molar-refractivity contribution in [2.45, 2.75) is 12.5 Å². The highest BCUT2D eigenvalue weighted by Gasteiger charge is 2.39. The van der Waals surface area contributed by atoms with Gasteiger partial charge in [-0.25, -0.2) is 5.43 Å². The van der Waals surface area contributed by atoms with E-state index in [4.69, 9.17) is 4.74 Å². The second kappa shape index (κ2) is 10.1. The van der Waals surface area contributed by atoms with E-state index in [1.807, 2.05) is 0 Å². The van der Waals surface area contributed by atoms with Crippen molar-refractivity contribution in [3.8, 4) is 11.5 Å². The van der Waals surface area contributed by atoms with Crippen LogP contribution in [0.5, 0.6) is 11.5 Å². The molecule has 0 saturated carbocycles. The summed E-state index contributed by atoms with van der Waals surface area (Å²) in [5.74, 6) is -0.479. The molecule has 0 aliphatic heterocycles. The number of ether oxygens (including phenoxy) is 1. The maximum atomic E-state index is 13.1. The van der Waals surface area contributed by atoms with E-state index >= 15 is 0 Å². The summed E-state index contributed by atoms with van der Waals surface area (Å²) in [6.45, 7) is 2.17. The van der Waals surface area contributed by atoms with Crippen molar-refractivity contribution in [3.63, 3.8) is 0 Å². The molecule has 0 aliphatic carbocycles. The topological polar surface area (TPSA) is 91.2 Å². The lowest BCUT2D eigenvalue weighted by molar-refractivity contribution is -0.136. The highest BCUT2D eigenvalue weighted by atomic mass is 79.9. The summed E-state index contributed by atoms with van der Waals surface area (Å²) in [6.07, 6.45) is 1.39. The van der Waals surface area contributed by atoms with E-state index < -0.39 is 11.5 Å². The maximum absolute atomic E-state index is 13.1. The molecule has 6 nitrogen and oxygen atoms in total. The Balaban J connectivity index is 1.92. The van der Waals surface area contributed by atoms with Crippen LogP contribution in [0, 0.1) is 0 Å². The number of aliphatic hydroxyl groups is 1. The third-order valence-corrected chi connectivity index (χ3v) is 6.71. The van der Waals surface area contributed by atoms with E-state index in [0.717, 1.165) is 0 Å². The van der Waals surface area contributed by atoms with Crippen LogP contribution in [0.1, 0.15) is 23.6 Å². The normalized spacial score (nSPS) is 11.5. The summed E-state index contributed by atoms with van der Waals surface area (Å²) in [5.41, 5.74) is 1.88. The molecule has 3 aromatic carbocycles. The number of phenols is 1. The fourth-order valence-corrected chi connectivity index (χ4v) is 3.83. The van der Waals surface area contributed by atoms with Crippen LogP contribution in [-0.2, 0) is 10.4 Å². The Morgan fingerprint density at radius 2 is 1.61 bits per heavy atom. The lowest BCUT2D eigenvalue weighted by Crippen LogP contribution is -2.43. The van der Waals surface area contributed by atoms with Gasteiger partial charge in [0.1, 0.15) is 0 Å². The van der Waals surface area contributed by atoms with Crippen molar-refractivity contribution in [2.75, 3.05) is 6.61 Å². The molecular formula is C23H20Br2N2O4. The predicted molar refractivity (Wildman–Crippen MR) is 126 cm³/mol. The zero-order valence-electron chi connectivity index (χ0n) is 16.5. The van der Waals surface area contributed by atoms with E-state index in [0.29, 0.717) is 32.2 Å². The van der Waals surface area contributed by atoms with Crippen molar-refractivity contribution < 1.29 is 19.7 Å². The number of benzene rings is 3. The molecule has 3 aromatic rings. The lowest BCUT2D eigenvalue weighted by atomic mass is 9.85. The molecule has 0 aliphatic rings. The van der Waals surface area contributed by atoms with E-state index in [1.165, 1.54) is 6.21 Å².